The summed E-state index contributed by atoms with van der Waals surface area (Å²) in [6.07, 6.45) is 10.4. The van der Waals surface area contributed by atoms with Crippen LogP contribution in [0.2, 0.25) is 0 Å². The van der Waals surface area contributed by atoms with E-state index in [1.807, 2.05) is 74.7 Å². The molecule has 6 nitrogen and oxygen atoms in total. The van der Waals surface area contributed by atoms with Crippen LogP contribution in [0.25, 0.3) is 0 Å². The van der Waals surface area contributed by atoms with Gasteiger partial charge in [0.25, 0.3) is 0 Å². The van der Waals surface area contributed by atoms with E-state index in [2.05, 4.69) is 27.9 Å². The molecule has 204 valence electrons. The van der Waals surface area contributed by atoms with Crippen molar-refractivity contribution in [1.29, 1.82) is 0 Å². The molecule has 0 aromatic carbocycles. The number of ether oxygens (including phenoxy) is 2. The first-order chi connectivity index (χ1) is 16.3. The van der Waals surface area contributed by atoms with E-state index in [0.717, 1.165) is 11.4 Å². The van der Waals surface area contributed by atoms with E-state index in [0.29, 0.717) is 0 Å². The van der Waals surface area contributed by atoms with Crippen LogP contribution in [0.15, 0.2) is 61.0 Å². The van der Waals surface area contributed by atoms with Gasteiger partial charge < -0.3 is 19.7 Å². The summed E-state index contributed by atoms with van der Waals surface area (Å²) in [7, 11) is 8.50. The van der Waals surface area contributed by atoms with E-state index in [9.17, 15) is 9.59 Å². The summed E-state index contributed by atoms with van der Waals surface area (Å²) in [6, 6.07) is 0. The van der Waals surface area contributed by atoms with Crippen molar-refractivity contribution in [2.75, 3.05) is 35.4 Å². The molecule has 0 saturated heterocycles. The number of hydrogen-bond donors (Lipinski definition) is 1. The van der Waals surface area contributed by atoms with Crippen LogP contribution in [0.5, 0.6) is 0 Å². The van der Waals surface area contributed by atoms with Gasteiger partial charge >= 0.3 is 109 Å². The zero-order valence-electron chi connectivity index (χ0n) is 23.6. The van der Waals surface area contributed by atoms with Gasteiger partial charge in [0.05, 0.1) is 14.2 Å². The van der Waals surface area contributed by atoms with Crippen molar-refractivity contribution >= 4 is 20.7 Å². The molecule has 8 heteroatoms. The van der Waals surface area contributed by atoms with Crippen LogP contribution in [0.3, 0.4) is 0 Å². The molecule has 0 heterocycles. The van der Waals surface area contributed by atoms with Crippen LogP contribution in [-0.4, -0.2) is 61.0 Å². The van der Waals surface area contributed by atoms with E-state index in [-0.39, 0.29) is 11.9 Å². The quantitative estimate of drug-likeness (QED) is 0.232. The molecular weight excluding hydrogens is 784 g/mol. The van der Waals surface area contributed by atoms with Gasteiger partial charge in [-0.05, 0) is 19.5 Å². The predicted octanol–water partition coefficient (Wildman–Crippen LogP) is 4.97. The first kappa shape index (κ1) is 50.1. The summed E-state index contributed by atoms with van der Waals surface area (Å²) < 4.78 is 12.2. The second-order valence-electron chi connectivity index (χ2n) is 5.48. The molecule has 0 radical (unpaired) electrons. The predicted molar refractivity (Wildman–Crippen MR) is 147 cm³/mol. The molecule has 0 unspecified atom stereocenters. The standard InChI is InChI=1S/C5H11N.2C5H5.C4H9N.2C3H6O2.C2H6.2W/c1-5(2)6(3)4;2*1-3-5-4-2;1-4(2)5-3;2*1-3(4)5-2;1-2;;/h1H2,2-4H3;2*1-5H;5H,1H2,2-3H3;2*1-2H3;1-2H3;;/q;2*-1;;;;;;. The zero-order chi connectivity index (χ0) is 29.7. The Hall–Kier alpha value is -1.90. The SMILES string of the molecule is C=C(C)N(C)C.C=C(C)NC.CC.COC(C)=O.COC(C)=O.[CH-]=CC=C[CH]=[W].[CH-]=CC=C[CH]=[W]. The Morgan fingerprint density at radius 1 is 0.800 bits per heavy atom. The van der Waals surface area contributed by atoms with Crippen LogP contribution >= 0.6 is 0 Å². The minimum atomic E-state index is -0.245. The second kappa shape index (κ2) is 53.5. The van der Waals surface area contributed by atoms with Gasteiger partial charge in [-0.3, -0.25) is 9.59 Å². The Morgan fingerprint density at radius 2 is 1.00 bits per heavy atom. The van der Waals surface area contributed by atoms with Gasteiger partial charge in [0, 0.05) is 40.7 Å². The van der Waals surface area contributed by atoms with Crippen LogP contribution in [0, 0.1) is 13.2 Å². The van der Waals surface area contributed by atoms with E-state index >= 15 is 0 Å². The molecule has 0 spiro atoms. The molecule has 0 saturated carbocycles. The third-order valence-electron chi connectivity index (χ3n) is 2.37. The molecule has 0 bridgehead atoms. The van der Waals surface area contributed by atoms with Gasteiger partial charge in [0.2, 0.25) is 0 Å². The number of carbonyl (C=O) groups excluding carboxylic acids is 2. The van der Waals surface area contributed by atoms with E-state index in [4.69, 9.17) is 13.2 Å². The van der Waals surface area contributed by atoms with E-state index in [1.54, 1.807) is 12.2 Å². The third-order valence-corrected chi connectivity index (χ3v) is 3.50. The number of allylic oxidation sites excluding steroid dienone is 8. The Balaban J connectivity index is -0.0000000531. The van der Waals surface area contributed by atoms with Gasteiger partial charge in [-0.2, -0.15) is 0 Å². The van der Waals surface area contributed by atoms with Crippen molar-refractivity contribution in [2.45, 2.75) is 41.5 Å². The number of nitrogens with zero attached hydrogens (tertiary/aromatic N) is 1. The molecule has 0 aliphatic carbocycles. The summed E-state index contributed by atoms with van der Waals surface area (Å²) in [6.45, 7) is 27.8. The van der Waals surface area contributed by atoms with Crippen LogP contribution in [0.1, 0.15) is 41.5 Å². The second-order valence-corrected chi connectivity index (χ2v) is 7.43. The van der Waals surface area contributed by atoms with Crippen molar-refractivity contribution in [2.24, 2.45) is 0 Å². The van der Waals surface area contributed by atoms with Crippen LogP contribution < -0.4 is 5.32 Å². The fourth-order valence-electron chi connectivity index (χ4n) is 0.219. The Labute approximate surface area is 238 Å². The fourth-order valence-corrected chi connectivity index (χ4v) is 0.871. The third kappa shape index (κ3) is 146. The molecule has 0 aliphatic heterocycles. The van der Waals surface area contributed by atoms with Crippen LogP contribution in [0.4, 0.5) is 0 Å². The summed E-state index contributed by atoms with van der Waals surface area (Å²) in [5.41, 5.74) is 2.10. The van der Waals surface area contributed by atoms with Crippen molar-refractivity contribution in [1.82, 2.24) is 10.2 Å². The summed E-state index contributed by atoms with van der Waals surface area (Å²) in [4.78, 5) is 21.2. The topological polar surface area (TPSA) is 67.9 Å². The summed E-state index contributed by atoms with van der Waals surface area (Å²) in [5.74, 6) is -0.491. The van der Waals surface area contributed by atoms with Gasteiger partial charge in [-0.15, -0.1) is 0 Å². The molecule has 35 heavy (non-hydrogen) atoms. The average Bonchev–Trinajstić information content (AvgIpc) is 2.84. The Bertz CT molecular complexity index is 523. The van der Waals surface area contributed by atoms with E-state index in [1.165, 1.54) is 78.9 Å². The zero-order valence-corrected chi connectivity index (χ0v) is 29.5. The minimum absolute atomic E-state index is 0.245. The molecule has 0 aliphatic rings. The maximum absolute atomic E-state index is 9.59. The number of carbonyl (C=O) groups is 2. The average molecular weight is 832 g/mol. The molecule has 0 amide bonds. The number of rotatable bonds is 6. The number of methoxy groups -OCH3 is 2. The monoisotopic (exact) mass is 832 g/mol. The van der Waals surface area contributed by atoms with Gasteiger partial charge in [0.15, 0.2) is 0 Å². The van der Waals surface area contributed by atoms with Gasteiger partial charge in [0.1, 0.15) is 0 Å². The molecule has 0 atom stereocenters. The normalized spacial score (nSPS) is 7.40. The van der Waals surface area contributed by atoms with E-state index < -0.39 is 0 Å². The molecule has 1 N–H and O–H groups in total. The van der Waals surface area contributed by atoms with Crippen LogP contribution in [-0.2, 0) is 57.8 Å². The van der Waals surface area contributed by atoms with Gasteiger partial charge in [-0.25, -0.2) is 0 Å². The van der Waals surface area contributed by atoms with Crippen molar-refractivity contribution in [3.8, 4) is 0 Å². The Morgan fingerprint density at radius 3 is 1.03 bits per heavy atom. The number of nitrogens with one attached hydrogen (secondary N) is 1. The first-order valence-electron chi connectivity index (χ1n) is 10.3. The molecule has 0 rings (SSSR count). The Kier molecular flexibility index (Phi) is 76.5. The number of hydrogen-bond acceptors (Lipinski definition) is 6. The van der Waals surface area contributed by atoms with Gasteiger partial charge in [-0.1, -0.05) is 27.0 Å². The summed E-state index contributed by atoms with van der Waals surface area (Å²) >= 11 is 2.89. The molecule has 0 aromatic heterocycles. The molecular formula is C27H48N2O4W2-2. The summed E-state index contributed by atoms with van der Waals surface area (Å²) in [5, 5.41) is 2.83. The fraction of sp³-hybridized carbons (Fsp3) is 0.407. The van der Waals surface area contributed by atoms with Crippen molar-refractivity contribution in [3.63, 3.8) is 0 Å². The van der Waals surface area contributed by atoms with Crippen molar-refractivity contribution in [3.05, 3.63) is 74.2 Å². The number of esters is 2. The van der Waals surface area contributed by atoms with Crippen molar-refractivity contribution < 1.29 is 57.8 Å². The first-order valence-corrected chi connectivity index (χ1v) is 13.7. The molecule has 0 aromatic rings. The molecule has 0 fully saturated rings. The maximum atomic E-state index is 9.59.